The van der Waals surface area contributed by atoms with Gasteiger partial charge in [-0.25, -0.2) is 4.39 Å². The Morgan fingerprint density at radius 3 is 3.09 bits per heavy atom. The zero-order valence-corrected chi connectivity index (χ0v) is 6.59. The summed E-state index contributed by atoms with van der Waals surface area (Å²) in [6.45, 7) is 1.93. The fraction of sp³-hybridized carbons (Fsp3) is 0.875. The van der Waals surface area contributed by atoms with Crippen molar-refractivity contribution in [2.75, 3.05) is 26.3 Å². The number of piperidine rings is 1. The molecule has 0 aliphatic carbocycles. The van der Waals surface area contributed by atoms with Gasteiger partial charge in [0.05, 0.1) is 12.0 Å². The van der Waals surface area contributed by atoms with E-state index in [0.29, 0.717) is 6.54 Å². The van der Waals surface area contributed by atoms with Crippen LogP contribution >= 0.6 is 0 Å². The predicted molar refractivity (Wildman–Crippen MR) is 40.8 cm³/mol. The first-order chi connectivity index (χ1) is 5.36. The van der Waals surface area contributed by atoms with Gasteiger partial charge in [0.25, 0.3) is 0 Å². The maximum atomic E-state index is 11.9. The molecule has 62 valence electrons. The minimum atomic E-state index is -0.294. The van der Waals surface area contributed by atoms with E-state index in [9.17, 15) is 4.39 Å². The van der Waals surface area contributed by atoms with E-state index >= 15 is 0 Å². The highest BCUT2D eigenvalue weighted by molar-refractivity contribution is 4.88. The molecule has 1 saturated heterocycles. The summed E-state index contributed by atoms with van der Waals surface area (Å²) in [5.74, 6) is 0.135. The summed E-state index contributed by atoms with van der Waals surface area (Å²) in [5.41, 5.74) is 0. The summed E-state index contributed by atoms with van der Waals surface area (Å²) in [7, 11) is 0. The summed E-state index contributed by atoms with van der Waals surface area (Å²) < 4.78 is 11.9. The van der Waals surface area contributed by atoms with Crippen LogP contribution in [-0.4, -0.2) is 31.2 Å². The standard InChI is InChI=1S/C8H13FN2/c9-3-5-11-4-1-2-8(6-10)7-11/h8H,1-5,7H2. The minimum absolute atomic E-state index is 0.135. The molecule has 11 heavy (non-hydrogen) atoms. The van der Waals surface area contributed by atoms with E-state index in [2.05, 4.69) is 6.07 Å². The van der Waals surface area contributed by atoms with Gasteiger partial charge in [-0.3, -0.25) is 4.90 Å². The molecule has 3 heteroatoms. The Morgan fingerprint density at radius 2 is 2.45 bits per heavy atom. The van der Waals surface area contributed by atoms with E-state index in [-0.39, 0.29) is 12.6 Å². The number of hydrogen-bond acceptors (Lipinski definition) is 2. The van der Waals surface area contributed by atoms with Crippen LogP contribution in [0, 0.1) is 17.2 Å². The molecular formula is C8H13FN2. The molecule has 1 rings (SSSR count). The summed E-state index contributed by atoms with van der Waals surface area (Å²) in [6, 6.07) is 2.23. The van der Waals surface area contributed by atoms with Crippen LogP contribution in [0.4, 0.5) is 4.39 Å². The molecular weight excluding hydrogens is 143 g/mol. The number of rotatable bonds is 2. The average molecular weight is 156 g/mol. The summed E-state index contributed by atoms with van der Waals surface area (Å²) >= 11 is 0. The second-order valence-electron chi connectivity index (χ2n) is 2.96. The monoisotopic (exact) mass is 156 g/mol. The van der Waals surface area contributed by atoms with Gasteiger partial charge < -0.3 is 0 Å². The molecule has 0 radical (unpaired) electrons. The molecule has 0 saturated carbocycles. The van der Waals surface area contributed by atoms with E-state index in [4.69, 9.17) is 5.26 Å². The highest BCUT2D eigenvalue weighted by Crippen LogP contribution is 2.14. The normalized spacial score (nSPS) is 26.4. The van der Waals surface area contributed by atoms with Gasteiger partial charge in [-0.15, -0.1) is 0 Å². The maximum Gasteiger partial charge on any atom is 0.102 e. The molecule has 1 atom stereocenters. The van der Waals surface area contributed by atoms with Gasteiger partial charge in [0, 0.05) is 13.1 Å². The third kappa shape index (κ3) is 2.47. The molecule has 1 aliphatic heterocycles. The van der Waals surface area contributed by atoms with Crippen molar-refractivity contribution in [3.8, 4) is 6.07 Å². The van der Waals surface area contributed by atoms with Crippen molar-refractivity contribution in [2.24, 2.45) is 5.92 Å². The number of nitrogens with zero attached hydrogens (tertiary/aromatic N) is 2. The van der Waals surface area contributed by atoms with Gasteiger partial charge in [-0.1, -0.05) is 0 Å². The summed E-state index contributed by atoms with van der Waals surface area (Å²) in [5, 5.41) is 8.61. The van der Waals surface area contributed by atoms with Crippen molar-refractivity contribution in [3.63, 3.8) is 0 Å². The fourth-order valence-electron chi connectivity index (χ4n) is 1.48. The second-order valence-corrected chi connectivity index (χ2v) is 2.96. The number of likely N-dealkylation sites (tertiary alicyclic amines) is 1. The number of nitriles is 1. The lowest BCUT2D eigenvalue weighted by molar-refractivity contribution is 0.186. The van der Waals surface area contributed by atoms with Crippen LogP contribution in [0.25, 0.3) is 0 Å². The first kappa shape index (κ1) is 8.48. The minimum Gasteiger partial charge on any atom is -0.299 e. The van der Waals surface area contributed by atoms with Crippen LogP contribution in [-0.2, 0) is 0 Å². The lowest BCUT2D eigenvalue weighted by atomic mass is 10.00. The number of halogens is 1. The molecule has 0 N–H and O–H groups in total. The van der Waals surface area contributed by atoms with Crippen LogP contribution in [0.15, 0.2) is 0 Å². The van der Waals surface area contributed by atoms with E-state index in [1.54, 1.807) is 0 Å². The van der Waals surface area contributed by atoms with Crippen molar-refractivity contribution in [3.05, 3.63) is 0 Å². The van der Waals surface area contributed by atoms with E-state index in [0.717, 1.165) is 25.9 Å². The molecule has 1 heterocycles. The van der Waals surface area contributed by atoms with E-state index in [1.165, 1.54) is 0 Å². The van der Waals surface area contributed by atoms with Crippen molar-refractivity contribution in [1.29, 1.82) is 5.26 Å². The highest BCUT2D eigenvalue weighted by Gasteiger charge is 2.18. The zero-order chi connectivity index (χ0) is 8.10. The Morgan fingerprint density at radius 1 is 1.64 bits per heavy atom. The average Bonchev–Trinajstić information content (AvgIpc) is 2.06. The SMILES string of the molecule is N#CC1CCCN(CCF)C1. The Hall–Kier alpha value is -0.620. The first-order valence-electron chi connectivity index (χ1n) is 4.04. The predicted octanol–water partition coefficient (Wildman–Crippen LogP) is 1.19. The molecule has 0 aromatic heterocycles. The van der Waals surface area contributed by atoms with Crippen LogP contribution in [0.1, 0.15) is 12.8 Å². The van der Waals surface area contributed by atoms with Crippen molar-refractivity contribution >= 4 is 0 Å². The molecule has 1 unspecified atom stereocenters. The highest BCUT2D eigenvalue weighted by atomic mass is 19.1. The molecule has 1 aliphatic rings. The first-order valence-corrected chi connectivity index (χ1v) is 4.04. The Bertz CT molecular complexity index is 151. The van der Waals surface area contributed by atoms with Crippen LogP contribution in [0.3, 0.4) is 0 Å². The van der Waals surface area contributed by atoms with Crippen LogP contribution < -0.4 is 0 Å². The quantitative estimate of drug-likeness (QED) is 0.600. The van der Waals surface area contributed by atoms with E-state index < -0.39 is 0 Å². The number of hydrogen-bond donors (Lipinski definition) is 0. The Balaban J connectivity index is 2.29. The van der Waals surface area contributed by atoms with Gasteiger partial charge in [-0.2, -0.15) is 5.26 Å². The van der Waals surface area contributed by atoms with Crippen molar-refractivity contribution < 1.29 is 4.39 Å². The van der Waals surface area contributed by atoms with Gasteiger partial charge in [0.1, 0.15) is 6.67 Å². The van der Waals surface area contributed by atoms with E-state index in [1.807, 2.05) is 4.90 Å². The lowest BCUT2D eigenvalue weighted by Crippen LogP contribution is -2.36. The Kier molecular flexibility index (Phi) is 3.31. The third-order valence-corrected chi connectivity index (χ3v) is 2.09. The van der Waals surface area contributed by atoms with Crippen molar-refractivity contribution in [1.82, 2.24) is 4.90 Å². The van der Waals surface area contributed by atoms with Crippen molar-refractivity contribution in [2.45, 2.75) is 12.8 Å². The van der Waals surface area contributed by atoms with Gasteiger partial charge in [0.15, 0.2) is 0 Å². The molecule has 0 aromatic carbocycles. The Labute approximate surface area is 66.6 Å². The lowest BCUT2D eigenvalue weighted by Gasteiger charge is -2.28. The molecule has 0 aromatic rings. The number of alkyl halides is 1. The van der Waals surface area contributed by atoms with Gasteiger partial charge in [0.2, 0.25) is 0 Å². The topological polar surface area (TPSA) is 27.0 Å². The molecule has 0 bridgehead atoms. The largest absolute Gasteiger partial charge is 0.299 e. The molecule has 0 amide bonds. The van der Waals surface area contributed by atoms with Crippen LogP contribution in [0.2, 0.25) is 0 Å². The van der Waals surface area contributed by atoms with Gasteiger partial charge in [-0.05, 0) is 19.4 Å². The van der Waals surface area contributed by atoms with Gasteiger partial charge >= 0.3 is 0 Å². The summed E-state index contributed by atoms with van der Waals surface area (Å²) in [6.07, 6.45) is 2.03. The van der Waals surface area contributed by atoms with Crippen LogP contribution in [0.5, 0.6) is 0 Å². The molecule has 0 spiro atoms. The molecule has 2 nitrogen and oxygen atoms in total. The summed E-state index contributed by atoms with van der Waals surface area (Å²) in [4.78, 5) is 2.03. The maximum absolute atomic E-state index is 11.9. The second kappa shape index (κ2) is 4.30. The smallest absolute Gasteiger partial charge is 0.102 e. The molecule has 1 fully saturated rings. The third-order valence-electron chi connectivity index (χ3n) is 2.09. The zero-order valence-electron chi connectivity index (χ0n) is 6.59. The fourth-order valence-corrected chi connectivity index (χ4v) is 1.48.